The van der Waals surface area contributed by atoms with Crippen LogP contribution in [0.5, 0.6) is 0 Å². The average Bonchev–Trinajstić information content (AvgIpc) is 2.59. The minimum absolute atomic E-state index is 0.103. The van der Waals surface area contributed by atoms with E-state index in [0.717, 1.165) is 11.1 Å². The summed E-state index contributed by atoms with van der Waals surface area (Å²) in [7, 11) is 0. The van der Waals surface area contributed by atoms with Crippen LogP contribution in [0.25, 0.3) is 0 Å². The molecule has 1 amide bonds. The molecule has 2 aromatic rings. The maximum atomic E-state index is 12.1. The van der Waals surface area contributed by atoms with Gasteiger partial charge in [0.2, 0.25) is 0 Å². The summed E-state index contributed by atoms with van der Waals surface area (Å²) in [6.07, 6.45) is 1.40. The fourth-order valence-electron chi connectivity index (χ4n) is 2.21. The lowest BCUT2D eigenvalue weighted by atomic mass is 9.95. The van der Waals surface area contributed by atoms with Crippen molar-refractivity contribution >= 4 is 6.09 Å². The number of carbonyl (C=O) groups excluding carboxylic acids is 1. The highest BCUT2D eigenvalue weighted by Gasteiger charge is 2.19. The summed E-state index contributed by atoms with van der Waals surface area (Å²) in [4.78, 5) is 12.1. The molecule has 3 nitrogen and oxygen atoms in total. The molecule has 3 heteroatoms. The number of rotatable bonds is 6. The molecule has 0 aliphatic heterocycles. The number of carbonyl (C=O) groups is 1. The molecule has 0 bridgehead atoms. The van der Waals surface area contributed by atoms with Gasteiger partial charge in [-0.05, 0) is 17.0 Å². The zero-order valence-corrected chi connectivity index (χ0v) is 12.7. The Hall–Kier alpha value is -2.55. The Kier molecular flexibility index (Phi) is 5.78. The van der Waals surface area contributed by atoms with Crippen LogP contribution in [0.4, 0.5) is 4.79 Å². The first-order valence-electron chi connectivity index (χ1n) is 7.35. The first-order valence-corrected chi connectivity index (χ1v) is 7.35. The molecule has 0 aliphatic rings. The Labute approximate surface area is 131 Å². The summed E-state index contributed by atoms with van der Waals surface area (Å²) in [5.74, 6) is 0.103. The Morgan fingerprint density at radius 1 is 1.14 bits per heavy atom. The molecular weight excluding hydrogens is 274 g/mol. The largest absolute Gasteiger partial charge is 0.445 e. The van der Waals surface area contributed by atoms with Crippen LogP contribution in [0.15, 0.2) is 73.3 Å². The van der Waals surface area contributed by atoms with Crippen molar-refractivity contribution in [3.8, 4) is 0 Å². The topological polar surface area (TPSA) is 38.3 Å². The number of ether oxygens (including phenoxy) is 1. The van der Waals surface area contributed by atoms with Gasteiger partial charge in [-0.15, -0.1) is 6.58 Å². The van der Waals surface area contributed by atoms with Gasteiger partial charge in [0.1, 0.15) is 6.61 Å². The minimum Gasteiger partial charge on any atom is -0.445 e. The van der Waals surface area contributed by atoms with E-state index < -0.39 is 6.09 Å². The molecule has 0 aliphatic carbocycles. The normalized spacial score (nSPS) is 13.0. The Morgan fingerprint density at radius 2 is 1.73 bits per heavy atom. The standard InChI is InChI=1S/C19H21NO2/c1-3-15(2)18(17-12-8-5-9-13-17)20-19(21)22-14-16-10-6-4-7-11-16/h3-13,15,18H,1,14H2,2H3,(H,20,21)/t15-,18+/m1/s1. The minimum atomic E-state index is -0.425. The zero-order chi connectivity index (χ0) is 15.8. The molecule has 2 aromatic carbocycles. The van der Waals surface area contributed by atoms with E-state index in [9.17, 15) is 4.79 Å². The first kappa shape index (κ1) is 15.8. The summed E-state index contributed by atoms with van der Waals surface area (Å²) in [5, 5.41) is 2.92. The van der Waals surface area contributed by atoms with Crippen molar-refractivity contribution in [3.63, 3.8) is 0 Å². The van der Waals surface area contributed by atoms with E-state index in [1.54, 1.807) is 0 Å². The molecule has 22 heavy (non-hydrogen) atoms. The lowest BCUT2D eigenvalue weighted by Gasteiger charge is -2.23. The van der Waals surface area contributed by atoms with Gasteiger partial charge >= 0.3 is 6.09 Å². The summed E-state index contributed by atoms with van der Waals surface area (Å²) in [6, 6.07) is 19.3. The summed E-state index contributed by atoms with van der Waals surface area (Å²) in [6.45, 7) is 6.09. The molecule has 1 N–H and O–H groups in total. The van der Waals surface area contributed by atoms with Crippen molar-refractivity contribution in [1.29, 1.82) is 0 Å². The van der Waals surface area contributed by atoms with E-state index in [1.165, 1.54) is 0 Å². The van der Waals surface area contributed by atoms with E-state index in [0.29, 0.717) is 0 Å². The van der Waals surface area contributed by atoms with Gasteiger partial charge in [0.15, 0.2) is 0 Å². The highest BCUT2D eigenvalue weighted by atomic mass is 16.5. The third-order valence-corrected chi connectivity index (χ3v) is 3.54. The molecular formula is C19H21NO2. The van der Waals surface area contributed by atoms with Gasteiger partial charge in [0.05, 0.1) is 6.04 Å². The van der Waals surface area contributed by atoms with Crippen molar-refractivity contribution in [3.05, 3.63) is 84.4 Å². The molecule has 114 valence electrons. The van der Waals surface area contributed by atoms with Crippen LogP contribution in [-0.2, 0) is 11.3 Å². The third-order valence-electron chi connectivity index (χ3n) is 3.54. The van der Waals surface area contributed by atoms with Crippen LogP contribution < -0.4 is 5.32 Å². The second-order valence-corrected chi connectivity index (χ2v) is 5.19. The van der Waals surface area contributed by atoms with Crippen molar-refractivity contribution in [2.75, 3.05) is 0 Å². The average molecular weight is 295 g/mol. The molecule has 0 radical (unpaired) electrons. The number of nitrogens with one attached hydrogen (secondary N) is 1. The predicted octanol–water partition coefficient (Wildman–Crippen LogP) is 4.48. The van der Waals surface area contributed by atoms with Crippen molar-refractivity contribution in [2.45, 2.75) is 19.6 Å². The van der Waals surface area contributed by atoms with Crippen LogP contribution in [0.1, 0.15) is 24.1 Å². The molecule has 0 unspecified atom stereocenters. The fraction of sp³-hybridized carbons (Fsp3) is 0.211. The Balaban J connectivity index is 1.98. The van der Waals surface area contributed by atoms with Crippen molar-refractivity contribution in [1.82, 2.24) is 5.32 Å². The highest BCUT2D eigenvalue weighted by Crippen LogP contribution is 2.22. The molecule has 0 saturated carbocycles. The van der Waals surface area contributed by atoms with Gasteiger partial charge < -0.3 is 10.1 Å². The van der Waals surface area contributed by atoms with E-state index in [-0.39, 0.29) is 18.6 Å². The van der Waals surface area contributed by atoms with E-state index in [1.807, 2.05) is 73.7 Å². The quantitative estimate of drug-likeness (QED) is 0.798. The molecule has 2 atom stereocenters. The molecule has 0 spiro atoms. The maximum Gasteiger partial charge on any atom is 0.407 e. The summed E-state index contributed by atoms with van der Waals surface area (Å²) < 4.78 is 5.29. The van der Waals surface area contributed by atoms with E-state index >= 15 is 0 Å². The number of amides is 1. The molecule has 2 rings (SSSR count). The Morgan fingerprint density at radius 3 is 2.32 bits per heavy atom. The van der Waals surface area contributed by atoms with Crippen LogP contribution in [0.3, 0.4) is 0 Å². The smallest absolute Gasteiger partial charge is 0.407 e. The lowest BCUT2D eigenvalue weighted by molar-refractivity contribution is 0.133. The molecule has 0 fully saturated rings. The highest BCUT2D eigenvalue weighted by molar-refractivity contribution is 5.68. The fourth-order valence-corrected chi connectivity index (χ4v) is 2.21. The van der Waals surface area contributed by atoms with Gasteiger partial charge in [-0.1, -0.05) is 73.7 Å². The Bertz CT molecular complexity index is 595. The molecule has 0 heterocycles. The van der Waals surface area contributed by atoms with E-state index in [2.05, 4.69) is 11.9 Å². The lowest BCUT2D eigenvalue weighted by Crippen LogP contribution is -2.32. The van der Waals surface area contributed by atoms with Gasteiger partial charge in [0, 0.05) is 0 Å². The summed E-state index contributed by atoms with van der Waals surface area (Å²) >= 11 is 0. The number of alkyl carbamates (subject to hydrolysis) is 1. The monoisotopic (exact) mass is 295 g/mol. The SMILES string of the molecule is C=C[C@@H](C)[C@H](NC(=O)OCc1ccccc1)c1ccccc1. The zero-order valence-electron chi connectivity index (χ0n) is 12.7. The van der Waals surface area contributed by atoms with Crippen LogP contribution in [0, 0.1) is 5.92 Å². The van der Waals surface area contributed by atoms with Gasteiger partial charge in [0.25, 0.3) is 0 Å². The number of hydrogen-bond donors (Lipinski definition) is 1. The van der Waals surface area contributed by atoms with Gasteiger partial charge in [-0.25, -0.2) is 4.79 Å². The first-order chi connectivity index (χ1) is 10.7. The van der Waals surface area contributed by atoms with Crippen molar-refractivity contribution in [2.24, 2.45) is 5.92 Å². The van der Waals surface area contributed by atoms with E-state index in [4.69, 9.17) is 4.74 Å². The van der Waals surface area contributed by atoms with Crippen LogP contribution in [-0.4, -0.2) is 6.09 Å². The number of benzene rings is 2. The van der Waals surface area contributed by atoms with Crippen LogP contribution >= 0.6 is 0 Å². The van der Waals surface area contributed by atoms with Crippen LogP contribution in [0.2, 0.25) is 0 Å². The second-order valence-electron chi connectivity index (χ2n) is 5.19. The summed E-state index contributed by atoms with van der Waals surface area (Å²) in [5.41, 5.74) is 2.00. The molecule has 0 saturated heterocycles. The number of hydrogen-bond acceptors (Lipinski definition) is 2. The van der Waals surface area contributed by atoms with Gasteiger partial charge in [-0.3, -0.25) is 0 Å². The molecule has 0 aromatic heterocycles. The third kappa shape index (κ3) is 4.48. The predicted molar refractivity (Wildman–Crippen MR) is 88.3 cm³/mol. The second kappa shape index (κ2) is 8.03. The maximum absolute atomic E-state index is 12.1. The van der Waals surface area contributed by atoms with Gasteiger partial charge in [-0.2, -0.15) is 0 Å². The van der Waals surface area contributed by atoms with Crippen molar-refractivity contribution < 1.29 is 9.53 Å².